The molecule has 34 heavy (non-hydrogen) atoms. The van der Waals surface area contributed by atoms with E-state index in [0.717, 1.165) is 60.7 Å². The summed E-state index contributed by atoms with van der Waals surface area (Å²) < 4.78 is 8.68. The molecule has 0 N–H and O–H groups in total. The number of nitriles is 1. The fourth-order valence-electron chi connectivity index (χ4n) is 5.03. The Morgan fingerprint density at radius 1 is 0.735 bits per heavy atom. The van der Waals surface area contributed by atoms with Crippen molar-refractivity contribution in [3.8, 4) is 23.0 Å². The largest absolute Gasteiger partial charge is 0.455 e. The molecule has 0 fully saturated rings. The molecule has 0 saturated carbocycles. The maximum absolute atomic E-state index is 9.41. The Morgan fingerprint density at radius 3 is 2.44 bits per heavy atom. The van der Waals surface area contributed by atoms with Gasteiger partial charge in [-0.2, -0.15) is 5.26 Å². The fraction of sp³-hybridized carbons (Fsp3) is 0. The smallest absolute Gasteiger partial charge is 0.145 e. The average Bonchev–Trinajstić information content (AvgIpc) is 3.44. The second-order valence-electron chi connectivity index (χ2n) is 8.35. The quantitative estimate of drug-likeness (QED) is 0.281. The van der Waals surface area contributed by atoms with E-state index in [1.165, 1.54) is 0 Å². The van der Waals surface area contributed by atoms with E-state index in [1.54, 1.807) is 12.3 Å². The number of hydrogen-bond acceptors (Lipinski definition) is 3. The summed E-state index contributed by atoms with van der Waals surface area (Å²) in [5.41, 5.74) is 7.27. The molecule has 0 unspecified atom stereocenters. The van der Waals surface area contributed by atoms with Gasteiger partial charge in [-0.15, -0.1) is 0 Å². The lowest BCUT2D eigenvalue weighted by atomic mass is 10.1. The van der Waals surface area contributed by atoms with Crippen molar-refractivity contribution in [1.82, 2.24) is 9.55 Å². The van der Waals surface area contributed by atoms with Crippen LogP contribution in [0.15, 0.2) is 108 Å². The summed E-state index contributed by atoms with van der Waals surface area (Å²) in [7, 11) is 0. The number of aromatic nitrogens is 2. The molecule has 3 heterocycles. The van der Waals surface area contributed by atoms with E-state index in [4.69, 9.17) is 4.42 Å². The zero-order chi connectivity index (χ0) is 22.6. The van der Waals surface area contributed by atoms with Gasteiger partial charge in [0.15, 0.2) is 0 Å². The molecule has 0 aliphatic rings. The highest BCUT2D eigenvalue weighted by molar-refractivity contribution is 6.23. The number of rotatable bonds is 2. The van der Waals surface area contributed by atoms with E-state index in [-0.39, 0.29) is 0 Å². The fourth-order valence-corrected chi connectivity index (χ4v) is 5.03. The predicted molar refractivity (Wildman–Crippen MR) is 136 cm³/mol. The first kappa shape index (κ1) is 18.7. The summed E-state index contributed by atoms with van der Waals surface area (Å²) in [4.78, 5) is 4.58. The number of furan rings is 1. The maximum atomic E-state index is 9.41. The normalized spacial score (nSPS) is 11.5. The van der Waals surface area contributed by atoms with Crippen LogP contribution in [0.2, 0.25) is 0 Å². The van der Waals surface area contributed by atoms with Gasteiger partial charge in [0.2, 0.25) is 0 Å². The molecule has 4 heteroatoms. The van der Waals surface area contributed by atoms with Crippen LogP contribution in [0.1, 0.15) is 5.56 Å². The summed E-state index contributed by atoms with van der Waals surface area (Å²) in [5.74, 6) is 0. The standard InChI is InChI=1S/C30H17N3O/c31-18-19-15-16-32-24(17-19)22-8-1-4-10-25(22)33-26-11-5-2-9-23(26)29-27(33)14-13-21-20-7-3-6-12-28(20)34-30(21)29/h1-17H. The second kappa shape index (κ2) is 7.06. The van der Waals surface area contributed by atoms with Gasteiger partial charge in [-0.1, -0.05) is 54.6 Å². The summed E-state index contributed by atoms with van der Waals surface area (Å²) in [6.45, 7) is 0. The molecule has 7 rings (SSSR count). The number of hydrogen-bond donors (Lipinski definition) is 0. The highest BCUT2D eigenvalue weighted by Gasteiger charge is 2.20. The van der Waals surface area contributed by atoms with Crippen LogP contribution >= 0.6 is 0 Å². The second-order valence-corrected chi connectivity index (χ2v) is 8.35. The van der Waals surface area contributed by atoms with Crippen molar-refractivity contribution in [3.05, 3.63) is 109 Å². The third kappa shape index (κ3) is 2.55. The number of nitrogens with zero attached hydrogens (tertiary/aromatic N) is 3. The van der Waals surface area contributed by atoms with E-state index in [9.17, 15) is 5.26 Å². The number of pyridine rings is 1. The van der Waals surface area contributed by atoms with Crippen LogP contribution in [0.4, 0.5) is 0 Å². The highest BCUT2D eigenvalue weighted by Crippen LogP contribution is 2.41. The minimum Gasteiger partial charge on any atom is -0.455 e. The molecule has 0 radical (unpaired) electrons. The molecule has 0 amide bonds. The van der Waals surface area contributed by atoms with E-state index in [1.807, 2.05) is 36.4 Å². The molecule has 4 nitrogen and oxygen atoms in total. The van der Waals surface area contributed by atoms with E-state index in [2.05, 4.69) is 70.2 Å². The van der Waals surface area contributed by atoms with Crippen molar-refractivity contribution in [2.75, 3.05) is 0 Å². The summed E-state index contributed by atoms with van der Waals surface area (Å²) in [6.07, 6.45) is 1.69. The minimum atomic E-state index is 0.589. The molecule has 3 aromatic heterocycles. The van der Waals surface area contributed by atoms with Crippen LogP contribution in [-0.4, -0.2) is 9.55 Å². The first-order valence-corrected chi connectivity index (χ1v) is 11.1. The zero-order valence-corrected chi connectivity index (χ0v) is 18.1. The summed E-state index contributed by atoms with van der Waals surface area (Å²) in [6, 6.07) is 34.9. The van der Waals surface area contributed by atoms with Gasteiger partial charge in [0, 0.05) is 27.9 Å². The van der Waals surface area contributed by atoms with Gasteiger partial charge in [-0.25, -0.2) is 0 Å². The van der Waals surface area contributed by atoms with Crippen molar-refractivity contribution >= 4 is 43.7 Å². The van der Waals surface area contributed by atoms with Gasteiger partial charge in [0.05, 0.1) is 39.4 Å². The molecule has 0 saturated heterocycles. The molecule has 4 aromatic carbocycles. The third-order valence-corrected chi connectivity index (χ3v) is 6.49. The van der Waals surface area contributed by atoms with Crippen LogP contribution in [0, 0.1) is 11.3 Å². The van der Waals surface area contributed by atoms with Gasteiger partial charge in [0.25, 0.3) is 0 Å². The lowest BCUT2D eigenvalue weighted by Crippen LogP contribution is -1.98. The lowest BCUT2D eigenvalue weighted by Gasteiger charge is -2.13. The van der Waals surface area contributed by atoms with Gasteiger partial charge in [-0.05, 0) is 42.5 Å². The first-order chi connectivity index (χ1) is 16.8. The van der Waals surface area contributed by atoms with Gasteiger partial charge >= 0.3 is 0 Å². The Balaban J connectivity index is 1.63. The van der Waals surface area contributed by atoms with Gasteiger partial charge in [-0.3, -0.25) is 4.98 Å². The number of para-hydroxylation sites is 3. The highest BCUT2D eigenvalue weighted by atomic mass is 16.3. The Kier molecular flexibility index (Phi) is 3.88. The molecule has 7 aromatic rings. The lowest BCUT2D eigenvalue weighted by molar-refractivity contribution is 0.673. The van der Waals surface area contributed by atoms with Crippen LogP contribution in [-0.2, 0) is 0 Å². The summed E-state index contributed by atoms with van der Waals surface area (Å²) in [5, 5.41) is 13.9. The monoisotopic (exact) mass is 435 g/mol. The van der Waals surface area contributed by atoms with E-state index >= 15 is 0 Å². The van der Waals surface area contributed by atoms with Crippen molar-refractivity contribution in [3.63, 3.8) is 0 Å². The van der Waals surface area contributed by atoms with Gasteiger partial charge < -0.3 is 8.98 Å². The minimum absolute atomic E-state index is 0.589. The zero-order valence-electron chi connectivity index (χ0n) is 18.1. The van der Waals surface area contributed by atoms with Crippen molar-refractivity contribution in [2.24, 2.45) is 0 Å². The Labute approximate surface area is 194 Å². The maximum Gasteiger partial charge on any atom is 0.145 e. The van der Waals surface area contributed by atoms with Crippen LogP contribution in [0.5, 0.6) is 0 Å². The molecule has 0 spiro atoms. The van der Waals surface area contributed by atoms with Crippen LogP contribution < -0.4 is 0 Å². The van der Waals surface area contributed by atoms with E-state index < -0.39 is 0 Å². The number of benzene rings is 4. The number of fused-ring (bicyclic) bond motifs is 7. The molecule has 158 valence electrons. The Morgan fingerprint density at radius 2 is 1.53 bits per heavy atom. The van der Waals surface area contributed by atoms with Crippen LogP contribution in [0.25, 0.3) is 60.7 Å². The molecule has 0 aliphatic carbocycles. The molecular weight excluding hydrogens is 418 g/mol. The summed E-state index contributed by atoms with van der Waals surface area (Å²) >= 11 is 0. The Bertz CT molecular complexity index is 1930. The van der Waals surface area contributed by atoms with Gasteiger partial charge in [0.1, 0.15) is 11.2 Å². The average molecular weight is 435 g/mol. The third-order valence-electron chi connectivity index (χ3n) is 6.49. The Hall–Kier alpha value is -4.88. The van der Waals surface area contributed by atoms with Crippen molar-refractivity contribution in [2.45, 2.75) is 0 Å². The van der Waals surface area contributed by atoms with Crippen LogP contribution in [0.3, 0.4) is 0 Å². The van der Waals surface area contributed by atoms with Crippen molar-refractivity contribution < 1.29 is 4.42 Å². The van der Waals surface area contributed by atoms with Crippen molar-refractivity contribution in [1.29, 1.82) is 5.26 Å². The molecule has 0 aliphatic heterocycles. The first-order valence-electron chi connectivity index (χ1n) is 11.1. The topological polar surface area (TPSA) is 54.8 Å². The molecule has 0 atom stereocenters. The molecular formula is C30H17N3O. The molecule has 0 bridgehead atoms. The van der Waals surface area contributed by atoms with E-state index in [0.29, 0.717) is 5.56 Å². The predicted octanol–water partition coefficient (Wildman–Crippen LogP) is 7.62. The SMILES string of the molecule is N#Cc1ccnc(-c2ccccc2-n2c3ccccc3c3c4oc5ccccc5c4ccc32)c1.